The van der Waals surface area contributed by atoms with Crippen LogP contribution >= 0.6 is 0 Å². The number of nitrogens with one attached hydrogen (secondary N) is 2. The maximum Gasteiger partial charge on any atom is 0.326 e. The Balaban J connectivity index is 1.61. The molecule has 0 aromatic rings. The number of aliphatic carboxylic acids is 1. The van der Waals surface area contributed by atoms with E-state index in [0.717, 1.165) is 11.8 Å². The number of rotatable bonds is 3. The van der Waals surface area contributed by atoms with Gasteiger partial charge in [-0.15, -0.1) is 0 Å². The molecular weight excluding hydrogens is 280 g/mol. The fraction of sp³-hybridized carbons (Fsp3) is 0.882. The predicted octanol–water partition coefficient (Wildman–Crippen LogP) is 2.61. The number of amides is 2. The Morgan fingerprint density at radius 2 is 1.50 bits per heavy atom. The smallest absolute Gasteiger partial charge is 0.326 e. The molecule has 4 bridgehead atoms. The van der Waals surface area contributed by atoms with E-state index in [2.05, 4.69) is 10.6 Å². The molecular formula is C17H28N2O3. The van der Waals surface area contributed by atoms with E-state index in [4.69, 9.17) is 0 Å². The number of urea groups is 1. The Kier molecular flexibility index (Phi) is 3.86. The molecule has 22 heavy (non-hydrogen) atoms. The first-order valence-corrected chi connectivity index (χ1v) is 8.54. The molecule has 0 unspecified atom stereocenters. The standard InChI is InChI=1S/C17H28N2O3/c1-17(2,3)14(15(20)21)19-16(22)18-13-11-5-9-4-10(7-11)8-12(13)6-9/h9-14H,4-8H2,1-3H3,(H,20,21)(H2,18,19,22)/t9?,10?,11?,12?,13?,14-/m1/s1. The van der Waals surface area contributed by atoms with E-state index in [1.165, 1.54) is 32.1 Å². The van der Waals surface area contributed by atoms with Crippen LogP contribution < -0.4 is 10.6 Å². The van der Waals surface area contributed by atoms with Crippen LogP contribution in [0.4, 0.5) is 4.79 Å². The van der Waals surface area contributed by atoms with Crippen LogP contribution in [0.5, 0.6) is 0 Å². The highest BCUT2D eigenvalue weighted by Crippen LogP contribution is 2.53. The highest BCUT2D eigenvalue weighted by Gasteiger charge is 2.48. The lowest BCUT2D eigenvalue weighted by Gasteiger charge is -2.54. The predicted molar refractivity (Wildman–Crippen MR) is 83.4 cm³/mol. The molecule has 4 fully saturated rings. The van der Waals surface area contributed by atoms with Gasteiger partial charge in [-0.3, -0.25) is 0 Å². The van der Waals surface area contributed by atoms with Crippen molar-refractivity contribution < 1.29 is 14.7 Å². The number of carbonyl (C=O) groups excluding carboxylic acids is 1. The molecule has 0 aromatic heterocycles. The maximum absolute atomic E-state index is 12.3. The second-order valence-electron chi connectivity index (χ2n) is 8.71. The fourth-order valence-corrected chi connectivity index (χ4v) is 5.13. The molecule has 0 aromatic carbocycles. The maximum atomic E-state index is 12.3. The number of carbonyl (C=O) groups is 2. The van der Waals surface area contributed by atoms with Crippen LogP contribution in [0.15, 0.2) is 0 Å². The third-order valence-corrected chi connectivity index (χ3v) is 5.91. The number of carboxylic acid groups (broad SMARTS) is 1. The van der Waals surface area contributed by atoms with Crippen molar-refractivity contribution in [1.82, 2.24) is 10.6 Å². The minimum absolute atomic E-state index is 0.238. The van der Waals surface area contributed by atoms with Gasteiger partial charge < -0.3 is 15.7 Å². The topological polar surface area (TPSA) is 78.4 Å². The summed E-state index contributed by atoms with van der Waals surface area (Å²) in [7, 11) is 0. The van der Waals surface area contributed by atoms with Gasteiger partial charge in [0.25, 0.3) is 0 Å². The second kappa shape index (κ2) is 5.43. The Labute approximate surface area is 132 Å². The summed E-state index contributed by atoms with van der Waals surface area (Å²) in [6.45, 7) is 5.48. The van der Waals surface area contributed by atoms with Crippen LogP contribution in [0.3, 0.4) is 0 Å². The molecule has 0 aliphatic heterocycles. The minimum atomic E-state index is -0.979. The third-order valence-electron chi connectivity index (χ3n) is 5.91. The summed E-state index contributed by atoms with van der Waals surface area (Å²) in [6, 6.07) is -0.952. The van der Waals surface area contributed by atoms with E-state index in [1.807, 2.05) is 20.8 Å². The summed E-state index contributed by atoms with van der Waals surface area (Å²) in [4.78, 5) is 23.7. The van der Waals surface area contributed by atoms with Crippen molar-refractivity contribution in [3.63, 3.8) is 0 Å². The molecule has 0 spiro atoms. The molecule has 0 saturated heterocycles. The summed E-state index contributed by atoms with van der Waals surface area (Å²) in [5, 5.41) is 15.1. The van der Waals surface area contributed by atoms with Crippen LogP contribution in [0.1, 0.15) is 52.9 Å². The average molecular weight is 308 g/mol. The van der Waals surface area contributed by atoms with Crippen molar-refractivity contribution in [3.05, 3.63) is 0 Å². The van der Waals surface area contributed by atoms with Gasteiger partial charge in [-0.05, 0) is 61.2 Å². The normalized spacial score (nSPS) is 37.7. The molecule has 3 N–H and O–H groups in total. The molecule has 4 aliphatic carbocycles. The molecule has 4 rings (SSSR count). The largest absolute Gasteiger partial charge is 0.480 e. The molecule has 5 heteroatoms. The van der Waals surface area contributed by atoms with Crippen molar-refractivity contribution in [2.24, 2.45) is 29.1 Å². The summed E-state index contributed by atoms with van der Waals surface area (Å²) < 4.78 is 0. The van der Waals surface area contributed by atoms with E-state index in [9.17, 15) is 14.7 Å². The van der Waals surface area contributed by atoms with E-state index in [-0.39, 0.29) is 12.1 Å². The van der Waals surface area contributed by atoms with Gasteiger partial charge >= 0.3 is 12.0 Å². The zero-order valence-corrected chi connectivity index (χ0v) is 13.8. The van der Waals surface area contributed by atoms with E-state index >= 15 is 0 Å². The SMILES string of the molecule is CC(C)(C)[C@H](NC(=O)NC1C2CC3CC(C2)CC1C3)C(=O)O. The molecule has 0 radical (unpaired) electrons. The van der Waals surface area contributed by atoms with E-state index in [1.54, 1.807) is 0 Å². The first kappa shape index (κ1) is 15.6. The highest BCUT2D eigenvalue weighted by molar-refractivity contribution is 5.83. The zero-order valence-electron chi connectivity index (χ0n) is 13.8. The summed E-state index contributed by atoms with van der Waals surface area (Å²) in [5.41, 5.74) is -0.507. The molecule has 5 nitrogen and oxygen atoms in total. The van der Waals surface area contributed by atoms with Crippen LogP contribution in [-0.2, 0) is 4.79 Å². The molecule has 4 aliphatic rings. The second-order valence-corrected chi connectivity index (χ2v) is 8.71. The van der Waals surface area contributed by atoms with Gasteiger partial charge in [0.2, 0.25) is 0 Å². The van der Waals surface area contributed by atoms with E-state index in [0.29, 0.717) is 11.8 Å². The Hall–Kier alpha value is -1.26. The lowest BCUT2D eigenvalue weighted by Crippen LogP contribution is -2.60. The summed E-state index contributed by atoms with van der Waals surface area (Å²) in [5.74, 6) is 1.95. The third kappa shape index (κ3) is 2.95. The number of carboxylic acids is 1. The monoisotopic (exact) mass is 308 g/mol. The average Bonchev–Trinajstić information content (AvgIpc) is 2.37. The molecule has 1 atom stereocenters. The van der Waals surface area contributed by atoms with Gasteiger partial charge in [0.1, 0.15) is 6.04 Å². The number of hydrogen-bond donors (Lipinski definition) is 3. The van der Waals surface area contributed by atoms with E-state index < -0.39 is 17.4 Å². The van der Waals surface area contributed by atoms with Crippen LogP contribution in [0, 0.1) is 29.1 Å². The fourth-order valence-electron chi connectivity index (χ4n) is 5.13. The molecule has 0 heterocycles. The van der Waals surface area contributed by atoms with Crippen LogP contribution in [0.25, 0.3) is 0 Å². The lowest BCUT2D eigenvalue weighted by molar-refractivity contribution is -0.141. The Morgan fingerprint density at radius 1 is 1.00 bits per heavy atom. The molecule has 2 amide bonds. The first-order chi connectivity index (χ1) is 10.2. The quantitative estimate of drug-likeness (QED) is 0.750. The van der Waals surface area contributed by atoms with Gasteiger partial charge in [-0.25, -0.2) is 9.59 Å². The van der Waals surface area contributed by atoms with Gasteiger partial charge in [-0.2, -0.15) is 0 Å². The first-order valence-electron chi connectivity index (χ1n) is 8.54. The van der Waals surface area contributed by atoms with Crippen molar-refractivity contribution >= 4 is 12.0 Å². The zero-order chi connectivity index (χ0) is 16.1. The molecule has 124 valence electrons. The van der Waals surface area contributed by atoms with Crippen molar-refractivity contribution in [2.75, 3.05) is 0 Å². The van der Waals surface area contributed by atoms with Crippen LogP contribution in [-0.4, -0.2) is 29.2 Å². The highest BCUT2D eigenvalue weighted by atomic mass is 16.4. The van der Waals surface area contributed by atoms with Crippen molar-refractivity contribution in [3.8, 4) is 0 Å². The lowest BCUT2D eigenvalue weighted by atomic mass is 9.54. The Bertz CT molecular complexity index is 441. The van der Waals surface area contributed by atoms with Crippen molar-refractivity contribution in [2.45, 2.75) is 65.0 Å². The van der Waals surface area contributed by atoms with Gasteiger partial charge in [-0.1, -0.05) is 20.8 Å². The van der Waals surface area contributed by atoms with Crippen LogP contribution in [0.2, 0.25) is 0 Å². The summed E-state index contributed by atoms with van der Waals surface area (Å²) in [6.07, 6.45) is 6.33. The molecule has 4 saturated carbocycles. The minimum Gasteiger partial charge on any atom is -0.480 e. The van der Waals surface area contributed by atoms with Gasteiger partial charge in [0.05, 0.1) is 0 Å². The number of hydrogen-bond acceptors (Lipinski definition) is 2. The Morgan fingerprint density at radius 3 is 1.91 bits per heavy atom. The van der Waals surface area contributed by atoms with Crippen molar-refractivity contribution in [1.29, 1.82) is 0 Å². The van der Waals surface area contributed by atoms with Gasteiger partial charge in [0.15, 0.2) is 0 Å². The summed E-state index contributed by atoms with van der Waals surface area (Å²) >= 11 is 0. The van der Waals surface area contributed by atoms with Gasteiger partial charge in [0, 0.05) is 6.04 Å².